The number of hydrogen-bond acceptors (Lipinski definition) is 5. The molecule has 2 aliphatic heterocycles. The first-order chi connectivity index (χ1) is 11.5. The first kappa shape index (κ1) is 17.2. The zero-order valence-corrected chi connectivity index (χ0v) is 15.1. The van der Waals surface area contributed by atoms with Crippen LogP contribution in [0.4, 0.5) is 4.79 Å². The first-order valence-electron chi connectivity index (χ1n) is 8.03. The number of benzene rings is 1. The van der Waals surface area contributed by atoms with Crippen molar-refractivity contribution in [1.82, 2.24) is 9.80 Å². The lowest BCUT2D eigenvalue weighted by Crippen LogP contribution is -2.46. The molecule has 2 heterocycles. The zero-order chi connectivity index (χ0) is 17.3. The SMILES string of the molecule is COc1cc(Cl)cc(CN2CCC3(CC2)CN(C)C(=O)O3)c1OC. The van der Waals surface area contributed by atoms with Crippen molar-refractivity contribution in [3.8, 4) is 11.5 Å². The minimum Gasteiger partial charge on any atom is -0.493 e. The lowest BCUT2D eigenvalue weighted by Gasteiger charge is -2.37. The van der Waals surface area contributed by atoms with Crippen LogP contribution in [-0.4, -0.2) is 62.4 Å². The molecule has 0 N–H and O–H groups in total. The van der Waals surface area contributed by atoms with Gasteiger partial charge in [0.05, 0.1) is 20.8 Å². The van der Waals surface area contributed by atoms with Crippen LogP contribution in [0.1, 0.15) is 18.4 Å². The Bertz CT molecular complexity index is 629. The Morgan fingerprint density at radius 1 is 1.25 bits per heavy atom. The molecule has 0 saturated carbocycles. The summed E-state index contributed by atoms with van der Waals surface area (Å²) in [5.41, 5.74) is 0.677. The van der Waals surface area contributed by atoms with Crippen molar-refractivity contribution in [2.24, 2.45) is 0 Å². The van der Waals surface area contributed by atoms with E-state index < -0.39 is 0 Å². The molecule has 2 aliphatic rings. The highest BCUT2D eigenvalue weighted by Gasteiger charge is 2.45. The van der Waals surface area contributed by atoms with E-state index in [0.717, 1.165) is 38.0 Å². The molecule has 0 unspecified atom stereocenters. The number of amides is 1. The van der Waals surface area contributed by atoms with Crippen LogP contribution in [0.15, 0.2) is 12.1 Å². The minimum absolute atomic E-state index is 0.218. The molecule has 2 saturated heterocycles. The van der Waals surface area contributed by atoms with Gasteiger partial charge in [-0.1, -0.05) is 11.6 Å². The second-order valence-corrected chi connectivity index (χ2v) is 6.92. The Labute approximate surface area is 147 Å². The van der Waals surface area contributed by atoms with Crippen LogP contribution < -0.4 is 9.47 Å². The molecule has 6 nitrogen and oxygen atoms in total. The smallest absolute Gasteiger partial charge is 0.410 e. The van der Waals surface area contributed by atoms with E-state index in [-0.39, 0.29) is 11.7 Å². The van der Waals surface area contributed by atoms with Crippen molar-refractivity contribution >= 4 is 17.7 Å². The number of hydrogen-bond donors (Lipinski definition) is 0. The fraction of sp³-hybridized carbons (Fsp3) is 0.588. The maximum absolute atomic E-state index is 11.7. The number of carbonyl (C=O) groups excluding carboxylic acids is 1. The highest BCUT2D eigenvalue weighted by Crippen LogP contribution is 2.37. The fourth-order valence-corrected chi connectivity index (χ4v) is 3.77. The molecule has 0 bridgehead atoms. The van der Waals surface area contributed by atoms with Crippen LogP contribution in [0.3, 0.4) is 0 Å². The van der Waals surface area contributed by atoms with E-state index in [2.05, 4.69) is 4.90 Å². The number of likely N-dealkylation sites (tertiary alicyclic amines) is 1. The maximum Gasteiger partial charge on any atom is 0.410 e. The van der Waals surface area contributed by atoms with Gasteiger partial charge in [-0.3, -0.25) is 4.90 Å². The summed E-state index contributed by atoms with van der Waals surface area (Å²) < 4.78 is 16.5. The molecular weight excluding hydrogens is 332 g/mol. The van der Waals surface area contributed by atoms with Crippen LogP contribution in [0, 0.1) is 0 Å². The third-order valence-electron chi connectivity index (χ3n) is 4.82. The number of likely N-dealkylation sites (N-methyl/N-ethyl adjacent to an activating group) is 1. The Kier molecular flexibility index (Phi) is 4.78. The maximum atomic E-state index is 11.7. The van der Waals surface area contributed by atoms with Crippen LogP contribution in [0.5, 0.6) is 11.5 Å². The number of piperidine rings is 1. The van der Waals surface area contributed by atoms with Crippen LogP contribution in [0.2, 0.25) is 5.02 Å². The van der Waals surface area contributed by atoms with Gasteiger partial charge in [-0.2, -0.15) is 0 Å². The molecule has 24 heavy (non-hydrogen) atoms. The average molecular weight is 355 g/mol. The number of rotatable bonds is 4. The quantitative estimate of drug-likeness (QED) is 0.832. The topological polar surface area (TPSA) is 51.2 Å². The van der Waals surface area contributed by atoms with E-state index in [1.165, 1.54) is 0 Å². The van der Waals surface area contributed by atoms with Gasteiger partial charge in [-0.15, -0.1) is 0 Å². The molecule has 0 aliphatic carbocycles. The number of methoxy groups -OCH3 is 2. The zero-order valence-electron chi connectivity index (χ0n) is 14.3. The molecule has 0 radical (unpaired) electrons. The van der Waals surface area contributed by atoms with Gasteiger partial charge in [-0.05, 0) is 6.07 Å². The third-order valence-corrected chi connectivity index (χ3v) is 5.04. The Hall–Kier alpha value is -1.66. The number of ether oxygens (including phenoxy) is 3. The van der Waals surface area contributed by atoms with Crippen LogP contribution in [0.25, 0.3) is 0 Å². The van der Waals surface area contributed by atoms with Gasteiger partial charge in [-0.25, -0.2) is 4.79 Å². The van der Waals surface area contributed by atoms with E-state index >= 15 is 0 Å². The van der Waals surface area contributed by atoms with Crippen molar-refractivity contribution in [3.05, 3.63) is 22.7 Å². The van der Waals surface area contributed by atoms with Gasteiger partial charge in [0.15, 0.2) is 11.5 Å². The van der Waals surface area contributed by atoms with Crippen molar-refractivity contribution in [1.29, 1.82) is 0 Å². The molecule has 7 heteroatoms. The Morgan fingerprint density at radius 2 is 1.96 bits per heavy atom. The molecule has 0 aromatic heterocycles. The normalized spacial score (nSPS) is 20.3. The first-order valence-corrected chi connectivity index (χ1v) is 8.41. The van der Waals surface area contributed by atoms with Gasteiger partial charge in [0, 0.05) is 56.2 Å². The predicted octanol–water partition coefficient (Wildman–Crippen LogP) is 2.77. The fourth-order valence-electron chi connectivity index (χ4n) is 3.54. The van der Waals surface area contributed by atoms with Gasteiger partial charge in [0.1, 0.15) is 5.60 Å². The van der Waals surface area contributed by atoms with E-state index in [1.54, 1.807) is 32.2 Å². The van der Waals surface area contributed by atoms with E-state index in [9.17, 15) is 4.79 Å². The molecule has 3 rings (SSSR count). The highest BCUT2D eigenvalue weighted by molar-refractivity contribution is 6.30. The molecule has 1 aromatic carbocycles. The van der Waals surface area contributed by atoms with Crippen molar-refractivity contribution in [2.45, 2.75) is 25.0 Å². The summed E-state index contributed by atoms with van der Waals surface area (Å²) in [6.45, 7) is 3.12. The van der Waals surface area contributed by atoms with E-state index in [4.69, 9.17) is 25.8 Å². The van der Waals surface area contributed by atoms with Crippen LogP contribution >= 0.6 is 11.6 Å². The van der Waals surface area contributed by atoms with Crippen molar-refractivity contribution in [2.75, 3.05) is 40.9 Å². The van der Waals surface area contributed by atoms with Gasteiger partial charge >= 0.3 is 6.09 Å². The number of halogens is 1. The highest BCUT2D eigenvalue weighted by atomic mass is 35.5. The van der Waals surface area contributed by atoms with Gasteiger partial charge in [0.25, 0.3) is 0 Å². The standard InChI is InChI=1S/C17H23ClN2O4/c1-19-11-17(24-16(19)21)4-6-20(7-5-17)10-12-8-13(18)9-14(22-2)15(12)23-3/h8-9H,4-7,10-11H2,1-3H3. The van der Waals surface area contributed by atoms with Crippen molar-refractivity contribution < 1.29 is 19.0 Å². The Balaban J connectivity index is 1.69. The molecule has 1 spiro atoms. The molecule has 132 valence electrons. The molecule has 1 aromatic rings. The summed E-state index contributed by atoms with van der Waals surface area (Å²) in [6.07, 6.45) is 1.45. The minimum atomic E-state index is -0.321. The molecular formula is C17H23ClN2O4. The third kappa shape index (κ3) is 3.26. The summed E-state index contributed by atoms with van der Waals surface area (Å²) in [6, 6.07) is 3.67. The lowest BCUT2D eigenvalue weighted by molar-refractivity contribution is -0.00133. The largest absolute Gasteiger partial charge is 0.493 e. The lowest BCUT2D eigenvalue weighted by atomic mass is 9.91. The average Bonchev–Trinajstić information content (AvgIpc) is 2.83. The second kappa shape index (κ2) is 6.69. The summed E-state index contributed by atoms with van der Waals surface area (Å²) in [5, 5.41) is 0.627. The van der Waals surface area contributed by atoms with Gasteiger partial charge < -0.3 is 19.1 Å². The second-order valence-electron chi connectivity index (χ2n) is 6.48. The summed E-state index contributed by atoms with van der Waals surface area (Å²) >= 11 is 6.19. The summed E-state index contributed by atoms with van der Waals surface area (Å²) in [5.74, 6) is 1.36. The van der Waals surface area contributed by atoms with Crippen molar-refractivity contribution in [3.63, 3.8) is 0 Å². The molecule has 2 fully saturated rings. The summed E-state index contributed by atoms with van der Waals surface area (Å²) in [7, 11) is 5.02. The number of nitrogens with zero attached hydrogens (tertiary/aromatic N) is 2. The number of carbonyl (C=O) groups is 1. The Morgan fingerprint density at radius 3 is 2.50 bits per heavy atom. The molecule has 1 amide bonds. The molecule has 0 atom stereocenters. The van der Waals surface area contributed by atoms with E-state index in [1.807, 2.05) is 6.07 Å². The van der Waals surface area contributed by atoms with Gasteiger partial charge in [0.2, 0.25) is 0 Å². The van der Waals surface area contributed by atoms with E-state index in [0.29, 0.717) is 23.1 Å². The van der Waals surface area contributed by atoms with Crippen LogP contribution in [-0.2, 0) is 11.3 Å². The predicted molar refractivity (Wildman–Crippen MR) is 90.9 cm³/mol. The monoisotopic (exact) mass is 354 g/mol. The summed E-state index contributed by atoms with van der Waals surface area (Å²) in [4.78, 5) is 15.6.